The summed E-state index contributed by atoms with van der Waals surface area (Å²) in [6, 6.07) is 0. The zero-order valence-electron chi connectivity index (χ0n) is 11.1. The highest BCUT2D eigenvalue weighted by Crippen LogP contribution is 2.35. The third-order valence-corrected chi connectivity index (χ3v) is 4.34. The Balaban J connectivity index is 1.88. The molecule has 1 heterocycles. The molecule has 2 N–H and O–H groups in total. The van der Waals surface area contributed by atoms with Gasteiger partial charge in [-0.15, -0.1) is 0 Å². The first-order valence-electron chi connectivity index (χ1n) is 6.66. The average Bonchev–Trinajstić information content (AvgIpc) is 2.23. The lowest BCUT2D eigenvalue weighted by Crippen LogP contribution is -2.58. The maximum Gasteiger partial charge on any atom is 0.307 e. The molecule has 1 aliphatic carbocycles. The third-order valence-electron chi connectivity index (χ3n) is 4.34. The van der Waals surface area contributed by atoms with Crippen LogP contribution in [0.3, 0.4) is 0 Å². The molecule has 5 heteroatoms. The number of amides is 1. The van der Waals surface area contributed by atoms with Gasteiger partial charge in [0, 0.05) is 5.92 Å². The molecule has 1 saturated carbocycles. The smallest absolute Gasteiger partial charge is 0.307 e. The van der Waals surface area contributed by atoms with Gasteiger partial charge in [-0.1, -0.05) is 6.92 Å². The lowest BCUT2D eigenvalue weighted by molar-refractivity contribution is -0.144. The topological polar surface area (TPSA) is 67.4 Å². The maximum absolute atomic E-state index is 12.2. The molecule has 1 saturated heterocycles. The van der Waals surface area contributed by atoms with Crippen LogP contribution in [-0.2, 0) is 14.3 Å². The molecule has 2 fully saturated rings. The van der Waals surface area contributed by atoms with Crippen LogP contribution in [0.2, 0.25) is 0 Å². The zero-order valence-corrected chi connectivity index (χ0v) is 11.1. The van der Waals surface area contributed by atoms with E-state index in [1.54, 1.807) is 0 Å². The fourth-order valence-corrected chi connectivity index (χ4v) is 2.55. The second kappa shape index (κ2) is 5.26. The summed E-state index contributed by atoms with van der Waals surface area (Å²) in [5.41, 5.74) is -0.338. The van der Waals surface area contributed by atoms with Crippen molar-refractivity contribution in [2.24, 2.45) is 11.8 Å². The highest BCUT2D eigenvalue weighted by atomic mass is 16.5. The summed E-state index contributed by atoms with van der Waals surface area (Å²) in [5.74, 6) is 0.277. The van der Waals surface area contributed by atoms with Crippen LogP contribution >= 0.6 is 0 Å². The fraction of sp³-hybridized carbons (Fsp3) is 0.846. The predicted molar refractivity (Wildman–Crippen MR) is 66.9 cm³/mol. The largest absolute Gasteiger partial charge is 0.469 e. The highest BCUT2D eigenvalue weighted by molar-refractivity contribution is 5.81. The van der Waals surface area contributed by atoms with Crippen LogP contribution < -0.4 is 10.6 Å². The Morgan fingerprint density at radius 1 is 1.44 bits per heavy atom. The molecule has 1 atom stereocenters. The van der Waals surface area contributed by atoms with Crippen LogP contribution in [0, 0.1) is 11.8 Å². The quantitative estimate of drug-likeness (QED) is 0.699. The van der Waals surface area contributed by atoms with E-state index in [2.05, 4.69) is 10.6 Å². The van der Waals surface area contributed by atoms with Gasteiger partial charge in [-0.25, -0.2) is 0 Å². The summed E-state index contributed by atoms with van der Waals surface area (Å²) in [6.07, 6.45) is 3.12. The molecule has 2 rings (SSSR count). The van der Waals surface area contributed by atoms with E-state index in [9.17, 15) is 9.59 Å². The van der Waals surface area contributed by atoms with Crippen LogP contribution in [0.1, 0.15) is 32.6 Å². The molecule has 1 aliphatic heterocycles. The number of hydrogen-bond donors (Lipinski definition) is 2. The summed E-state index contributed by atoms with van der Waals surface area (Å²) in [6.45, 7) is 3.79. The molecule has 5 nitrogen and oxygen atoms in total. The van der Waals surface area contributed by atoms with Crippen molar-refractivity contribution in [2.75, 3.05) is 20.2 Å². The van der Waals surface area contributed by atoms with E-state index in [0.29, 0.717) is 12.3 Å². The van der Waals surface area contributed by atoms with Gasteiger partial charge in [-0.3, -0.25) is 9.59 Å². The zero-order chi connectivity index (χ0) is 13.2. The number of rotatable bonds is 5. The van der Waals surface area contributed by atoms with E-state index in [4.69, 9.17) is 4.74 Å². The first-order valence-corrected chi connectivity index (χ1v) is 6.66. The van der Waals surface area contributed by atoms with Crippen molar-refractivity contribution in [2.45, 2.75) is 38.1 Å². The first-order chi connectivity index (χ1) is 8.56. The van der Waals surface area contributed by atoms with Gasteiger partial charge < -0.3 is 15.4 Å². The number of ether oxygens (including phenoxy) is 1. The number of esters is 1. The second-order valence-corrected chi connectivity index (χ2v) is 5.58. The Hall–Kier alpha value is -1.10. The van der Waals surface area contributed by atoms with E-state index < -0.39 is 0 Å². The summed E-state index contributed by atoms with van der Waals surface area (Å²) < 4.78 is 4.70. The van der Waals surface area contributed by atoms with E-state index in [0.717, 1.165) is 32.4 Å². The summed E-state index contributed by atoms with van der Waals surface area (Å²) in [5, 5.41) is 6.25. The molecular formula is C13H22N2O3. The van der Waals surface area contributed by atoms with E-state index >= 15 is 0 Å². The molecule has 0 spiro atoms. The molecule has 0 aromatic heterocycles. The van der Waals surface area contributed by atoms with Crippen molar-refractivity contribution in [1.29, 1.82) is 0 Å². The van der Waals surface area contributed by atoms with Crippen molar-refractivity contribution >= 4 is 11.9 Å². The van der Waals surface area contributed by atoms with Gasteiger partial charge in [0.1, 0.15) is 0 Å². The van der Waals surface area contributed by atoms with Crippen molar-refractivity contribution < 1.29 is 14.3 Å². The molecule has 2 aliphatic rings. The molecular weight excluding hydrogens is 232 g/mol. The number of carbonyl (C=O) groups is 2. The summed E-state index contributed by atoms with van der Waals surface area (Å²) >= 11 is 0. The minimum Gasteiger partial charge on any atom is -0.469 e. The first kappa shape index (κ1) is 13.3. The predicted octanol–water partition coefficient (Wildman–Crippen LogP) is 0.444. The Kier molecular flexibility index (Phi) is 3.90. The molecule has 0 aromatic rings. The lowest BCUT2D eigenvalue weighted by atomic mass is 9.73. The van der Waals surface area contributed by atoms with Crippen LogP contribution in [0.25, 0.3) is 0 Å². The van der Waals surface area contributed by atoms with E-state index in [1.165, 1.54) is 7.11 Å². The van der Waals surface area contributed by atoms with Gasteiger partial charge in [-0.2, -0.15) is 0 Å². The molecule has 0 aromatic carbocycles. The Labute approximate surface area is 108 Å². The number of carbonyl (C=O) groups excluding carboxylic acids is 2. The van der Waals surface area contributed by atoms with Gasteiger partial charge in [0.25, 0.3) is 0 Å². The molecule has 1 amide bonds. The fourth-order valence-electron chi connectivity index (χ4n) is 2.55. The minimum absolute atomic E-state index is 0.0152. The average molecular weight is 254 g/mol. The van der Waals surface area contributed by atoms with E-state index in [1.807, 2.05) is 6.92 Å². The van der Waals surface area contributed by atoms with Crippen molar-refractivity contribution in [1.82, 2.24) is 10.6 Å². The van der Waals surface area contributed by atoms with Crippen LogP contribution in [0.5, 0.6) is 0 Å². The van der Waals surface area contributed by atoms with Crippen molar-refractivity contribution in [3.63, 3.8) is 0 Å². The minimum atomic E-state index is -0.338. The molecule has 0 bridgehead atoms. The van der Waals surface area contributed by atoms with Gasteiger partial charge in [0.15, 0.2) is 0 Å². The standard InChI is InChI=1S/C13H22N2O3/c1-9(10-7-14-8-10)12(17)15-13(4-3-5-13)6-11(16)18-2/h9-10,14H,3-8H2,1-2H3,(H,15,17). The monoisotopic (exact) mass is 254 g/mol. The second-order valence-electron chi connectivity index (χ2n) is 5.58. The number of hydrogen-bond acceptors (Lipinski definition) is 4. The summed E-state index contributed by atoms with van der Waals surface area (Å²) in [7, 11) is 1.39. The van der Waals surface area contributed by atoms with Gasteiger partial charge >= 0.3 is 5.97 Å². The van der Waals surface area contributed by atoms with Crippen LogP contribution in [0.15, 0.2) is 0 Å². The number of methoxy groups -OCH3 is 1. The SMILES string of the molecule is COC(=O)CC1(NC(=O)C(C)C2CNC2)CCC1. The number of nitrogens with one attached hydrogen (secondary N) is 2. The highest BCUT2D eigenvalue weighted by Gasteiger charge is 2.42. The molecule has 18 heavy (non-hydrogen) atoms. The van der Waals surface area contributed by atoms with Crippen LogP contribution in [-0.4, -0.2) is 37.6 Å². The van der Waals surface area contributed by atoms with Crippen molar-refractivity contribution in [3.8, 4) is 0 Å². The van der Waals surface area contributed by atoms with Crippen molar-refractivity contribution in [3.05, 3.63) is 0 Å². The molecule has 102 valence electrons. The van der Waals surface area contributed by atoms with E-state index in [-0.39, 0.29) is 23.3 Å². The Morgan fingerprint density at radius 3 is 2.50 bits per heavy atom. The Bertz CT molecular complexity index is 335. The molecule has 1 unspecified atom stereocenters. The van der Waals surface area contributed by atoms with Gasteiger partial charge in [0.2, 0.25) is 5.91 Å². The lowest BCUT2D eigenvalue weighted by Gasteiger charge is -2.43. The third kappa shape index (κ3) is 2.66. The molecule has 0 radical (unpaired) electrons. The maximum atomic E-state index is 12.2. The van der Waals surface area contributed by atoms with Crippen LogP contribution in [0.4, 0.5) is 0 Å². The summed E-state index contributed by atoms with van der Waals surface area (Å²) in [4.78, 5) is 23.6. The normalized spacial score (nSPS) is 23.4. The Morgan fingerprint density at radius 2 is 2.11 bits per heavy atom. The van der Waals surface area contributed by atoms with Gasteiger partial charge in [-0.05, 0) is 38.3 Å². The van der Waals surface area contributed by atoms with Gasteiger partial charge in [0.05, 0.1) is 19.1 Å².